The molecular formula is C5H4BrN5. The topological polar surface area (TPSA) is 56.5 Å². The summed E-state index contributed by atoms with van der Waals surface area (Å²) < 4.78 is 2.25. The van der Waals surface area contributed by atoms with Crippen LogP contribution in [0.15, 0.2) is 10.8 Å². The molecule has 0 N–H and O–H groups in total. The van der Waals surface area contributed by atoms with E-state index >= 15 is 0 Å². The molecule has 0 aliphatic heterocycles. The maximum absolute atomic E-state index is 4.07. The molecule has 0 spiro atoms. The van der Waals surface area contributed by atoms with Gasteiger partial charge in [0.25, 0.3) is 0 Å². The molecule has 6 heteroatoms. The van der Waals surface area contributed by atoms with E-state index in [0.717, 1.165) is 0 Å². The highest BCUT2D eigenvalue weighted by Gasteiger charge is 2.02. The van der Waals surface area contributed by atoms with Crippen LogP contribution in [-0.2, 0) is 7.05 Å². The molecule has 0 aliphatic carbocycles. The molecule has 0 fully saturated rings. The van der Waals surface area contributed by atoms with Crippen molar-refractivity contribution in [2.75, 3.05) is 0 Å². The monoisotopic (exact) mass is 213 g/mol. The minimum Gasteiger partial charge on any atom is -0.231 e. The van der Waals surface area contributed by atoms with Crippen LogP contribution in [0.5, 0.6) is 0 Å². The van der Waals surface area contributed by atoms with Gasteiger partial charge in [0, 0.05) is 7.05 Å². The van der Waals surface area contributed by atoms with Gasteiger partial charge in [0.15, 0.2) is 5.65 Å². The van der Waals surface area contributed by atoms with Crippen molar-refractivity contribution in [3.8, 4) is 0 Å². The molecule has 2 aromatic rings. The van der Waals surface area contributed by atoms with Gasteiger partial charge in [0.05, 0.1) is 6.20 Å². The first-order valence-corrected chi connectivity index (χ1v) is 3.74. The summed E-state index contributed by atoms with van der Waals surface area (Å²) in [6.45, 7) is 0. The number of fused-ring (bicyclic) bond motifs is 1. The Morgan fingerprint density at radius 1 is 1.55 bits per heavy atom. The molecule has 5 nitrogen and oxygen atoms in total. The van der Waals surface area contributed by atoms with Crippen molar-refractivity contribution in [2.45, 2.75) is 0 Å². The van der Waals surface area contributed by atoms with E-state index in [1.165, 1.54) is 0 Å². The van der Waals surface area contributed by atoms with E-state index in [1.807, 2.05) is 0 Å². The number of hydrogen-bond donors (Lipinski definition) is 0. The zero-order chi connectivity index (χ0) is 7.84. The molecular weight excluding hydrogens is 210 g/mol. The molecule has 2 aromatic heterocycles. The van der Waals surface area contributed by atoms with E-state index in [2.05, 4.69) is 36.2 Å². The number of aryl methyl sites for hydroxylation is 1. The van der Waals surface area contributed by atoms with Crippen molar-refractivity contribution in [1.82, 2.24) is 25.0 Å². The quantitative estimate of drug-likeness (QED) is 0.641. The van der Waals surface area contributed by atoms with Crippen molar-refractivity contribution in [1.29, 1.82) is 0 Å². The zero-order valence-electron chi connectivity index (χ0n) is 5.69. The Kier molecular flexibility index (Phi) is 1.35. The second-order valence-electron chi connectivity index (χ2n) is 2.05. The average molecular weight is 214 g/mol. The van der Waals surface area contributed by atoms with E-state index in [0.29, 0.717) is 15.9 Å². The van der Waals surface area contributed by atoms with Crippen LogP contribution in [0.25, 0.3) is 11.3 Å². The molecule has 0 amide bonds. The average Bonchev–Trinajstić information content (AvgIpc) is 2.32. The van der Waals surface area contributed by atoms with Gasteiger partial charge < -0.3 is 0 Å². The van der Waals surface area contributed by atoms with Gasteiger partial charge in [0.1, 0.15) is 4.60 Å². The van der Waals surface area contributed by atoms with Crippen molar-refractivity contribution in [2.24, 2.45) is 7.05 Å². The fourth-order valence-corrected chi connectivity index (χ4v) is 1.07. The molecule has 2 heterocycles. The van der Waals surface area contributed by atoms with Crippen LogP contribution in [0.1, 0.15) is 0 Å². The smallest absolute Gasteiger partial charge is 0.222 e. The zero-order valence-corrected chi connectivity index (χ0v) is 7.28. The lowest BCUT2D eigenvalue weighted by atomic mass is 10.7. The molecule has 0 saturated carbocycles. The second kappa shape index (κ2) is 2.23. The Morgan fingerprint density at radius 2 is 2.36 bits per heavy atom. The Hall–Kier alpha value is -1.04. The molecule has 0 aromatic carbocycles. The fourth-order valence-electron chi connectivity index (χ4n) is 0.799. The SMILES string of the molecule is Cn1nnc2nc(Br)cnc21. The van der Waals surface area contributed by atoms with Crippen LogP contribution in [0, 0.1) is 0 Å². The molecule has 0 radical (unpaired) electrons. The summed E-state index contributed by atoms with van der Waals surface area (Å²) in [5.74, 6) is 0. The van der Waals surface area contributed by atoms with Crippen LogP contribution < -0.4 is 0 Å². The Balaban J connectivity index is 2.86. The summed E-state index contributed by atoms with van der Waals surface area (Å²) >= 11 is 3.19. The molecule has 0 atom stereocenters. The van der Waals surface area contributed by atoms with E-state index < -0.39 is 0 Å². The summed E-state index contributed by atoms with van der Waals surface area (Å²) in [7, 11) is 1.78. The van der Waals surface area contributed by atoms with Crippen LogP contribution in [0.4, 0.5) is 0 Å². The van der Waals surface area contributed by atoms with Gasteiger partial charge in [-0.25, -0.2) is 14.6 Å². The summed E-state index contributed by atoms with van der Waals surface area (Å²) in [5, 5.41) is 7.55. The Labute approximate surface area is 70.6 Å². The van der Waals surface area contributed by atoms with Crippen molar-refractivity contribution >= 4 is 27.2 Å². The second-order valence-corrected chi connectivity index (χ2v) is 2.87. The molecule has 11 heavy (non-hydrogen) atoms. The maximum atomic E-state index is 4.07. The lowest BCUT2D eigenvalue weighted by molar-refractivity contribution is 0.729. The number of rotatable bonds is 0. The molecule has 2 rings (SSSR count). The van der Waals surface area contributed by atoms with E-state index in [1.54, 1.807) is 17.9 Å². The highest BCUT2D eigenvalue weighted by Crippen LogP contribution is 2.08. The standard InChI is InChI=1S/C5H4BrN5/c1-11-5-4(9-10-11)8-3(6)2-7-5/h2H,1H3. The van der Waals surface area contributed by atoms with E-state index in [4.69, 9.17) is 0 Å². The number of nitrogens with zero attached hydrogens (tertiary/aromatic N) is 5. The minimum atomic E-state index is 0.557. The van der Waals surface area contributed by atoms with Crippen molar-refractivity contribution < 1.29 is 0 Å². The molecule has 0 bridgehead atoms. The maximum Gasteiger partial charge on any atom is 0.222 e. The molecule has 0 saturated heterocycles. The van der Waals surface area contributed by atoms with Crippen LogP contribution in [0.2, 0.25) is 0 Å². The van der Waals surface area contributed by atoms with Crippen LogP contribution in [0.3, 0.4) is 0 Å². The predicted octanol–water partition coefficient (Wildman–Crippen LogP) is 0.521. The summed E-state index contributed by atoms with van der Waals surface area (Å²) in [4.78, 5) is 8.13. The van der Waals surface area contributed by atoms with Crippen molar-refractivity contribution in [3.05, 3.63) is 10.8 Å². The highest BCUT2D eigenvalue weighted by molar-refractivity contribution is 9.10. The highest BCUT2D eigenvalue weighted by atomic mass is 79.9. The first-order valence-electron chi connectivity index (χ1n) is 2.95. The van der Waals surface area contributed by atoms with Gasteiger partial charge in [-0.2, -0.15) is 0 Å². The Bertz CT molecular complexity index is 395. The fraction of sp³-hybridized carbons (Fsp3) is 0.200. The van der Waals surface area contributed by atoms with Gasteiger partial charge >= 0.3 is 0 Å². The first-order chi connectivity index (χ1) is 5.27. The first kappa shape index (κ1) is 6.66. The van der Waals surface area contributed by atoms with Crippen LogP contribution in [-0.4, -0.2) is 25.0 Å². The van der Waals surface area contributed by atoms with Gasteiger partial charge in [-0.15, -0.1) is 5.10 Å². The van der Waals surface area contributed by atoms with Crippen molar-refractivity contribution in [3.63, 3.8) is 0 Å². The lowest BCUT2D eigenvalue weighted by Gasteiger charge is -1.88. The third-order valence-electron chi connectivity index (χ3n) is 1.29. The number of halogens is 1. The molecule has 56 valence electrons. The van der Waals surface area contributed by atoms with Gasteiger partial charge in [0.2, 0.25) is 5.65 Å². The normalized spacial score (nSPS) is 10.7. The predicted molar refractivity (Wildman–Crippen MR) is 41.8 cm³/mol. The lowest BCUT2D eigenvalue weighted by Crippen LogP contribution is -1.91. The molecule has 0 aliphatic rings. The third-order valence-corrected chi connectivity index (χ3v) is 1.67. The van der Waals surface area contributed by atoms with E-state index in [-0.39, 0.29) is 0 Å². The van der Waals surface area contributed by atoms with Gasteiger partial charge in [-0.05, 0) is 15.9 Å². The Morgan fingerprint density at radius 3 is 3.18 bits per heavy atom. The van der Waals surface area contributed by atoms with Crippen LogP contribution >= 0.6 is 15.9 Å². The van der Waals surface area contributed by atoms with Gasteiger partial charge in [-0.1, -0.05) is 5.21 Å². The molecule has 0 unspecified atom stereocenters. The summed E-state index contributed by atoms with van der Waals surface area (Å²) in [6, 6.07) is 0. The summed E-state index contributed by atoms with van der Waals surface area (Å²) in [5.41, 5.74) is 1.25. The van der Waals surface area contributed by atoms with E-state index in [9.17, 15) is 0 Å². The number of aromatic nitrogens is 5. The third kappa shape index (κ3) is 0.988. The number of hydrogen-bond acceptors (Lipinski definition) is 4. The summed E-state index contributed by atoms with van der Waals surface area (Å²) in [6.07, 6.45) is 1.62. The largest absolute Gasteiger partial charge is 0.231 e. The minimum absolute atomic E-state index is 0.557. The van der Waals surface area contributed by atoms with Gasteiger partial charge in [-0.3, -0.25) is 0 Å².